The molecule has 2 unspecified atom stereocenters. The molecule has 156 valence electrons. The first-order valence-electron chi connectivity index (χ1n) is 9.26. The third-order valence-corrected chi connectivity index (χ3v) is 4.88. The molecule has 1 heterocycles. The van der Waals surface area contributed by atoms with Gasteiger partial charge in [0.15, 0.2) is 0 Å². The quantitative estimate of drug-likeness (QED) is 0.505. The van der Waals surface area contributed by atoms with Crippen molar-refractivity contribution in [2.75, 3.05) is 0 Å². The number of aromatic amines is 1. The van der Waals surface area contributed by atoms with Crippen LogP contribution in [0.4, 0.5) is 0 Å². The maximum Gasteiger partial charge on any atom is 0.439 e. The normalized spacial score (nSPS) is 12.9. The standard InChI is InChI=1S/C21H20ClN3O5/c1-12(20(27)28)9-17(23-19(26)18-24-21(29)30-25-18)10-13-5-7-14(8-6-13)15-3-2-4-16(22)11-15/h2-8,11-12,17H,9-10H2,1H3,(H,23,26)(H,27,28)(H,24,25,29). The van der Waals surface area contributed by atoms with Gasteiger partial charge in [0.2, 0.25) is 5.82 Å². The minimum absolute atomic E-state index is 0.208. The summed E-state index contributed by atoms with van der Waals surface area (Å²) in [6.45, 7) is 1.57. The van der Waals surface area contributed by atoms with Gasteiger partial charge in [-0.25, -0.2) is 4.79 Å². The average Bonchev–Trinajstić information content (AvgIpc) is 3.15. The zero-order valence-electron chi connectivity index (χ0n) is 16.1. The van der Waals surface area contributed by atoms with Gasteiger partial charge in [-0.1, -0.05) is 54.9 Å². The minimum atomic E-state index is -0.958. The van der Waals surface area contributed by atoms with E-state index in [9.17, 15) is 19.5 Å². The number of nitrogens with one attached hydrogen (secondary N) is 2. The Bertz CT molecular complexity index is 1090. The van der Waals surface area contributed by atoms with Crippen molar-refractivity contribution in [3.63, 3.8) is 0 Å². The fraction of sp³-hybridized carbons (Fsp3) is 0.238. The molecule has 2 atom stereocenters. The van der Waals surface area contributed by atoms with Crippen molar-refractivity contribution in [2.45, 2.75) is 25.8 Å². The zero-order valence-corrected chi connectivity index (χ0v) is 16.8. The molecule has 2 aromatic carbocycles. The summed E-state index contributed by atoms with van der Waals surface area (Å²) in [5.74, 6) is -3.37. The van der Waals surface area contributed by atoms with Crippen LogP contribution in [0.3, 0.4) is 0 Å². The number of hydrogen-bond donors (Lipinski definition) is 3. The summed E-state index contributed by atoms with van der Waals surface area (Å²) in [6.07, 6.45) is 0.612. The van der Waals surface area contributed by atoms with Crippen LogP contribution in [0, 0.1) is 5.92 Å². The van der Waals surface area contributed by atoms with Crippen LogP contribution in [0.2, 0.25) is 5.02 Å². The van der Waals surface area contributed by atoms with Gasteiger partial charge in [-0.2, -0.15) is 0 Å². The van der Waals surface area contributed by atoms with Crippen LogP contribution in [0.1, 0.15) is 29.5 Å². The Morgan fingerprint density at radius 3 is 2.53 bits per heavy atom. The second-order valence-corrected chi connectivity index (χ2v) is 7.44. The second-order valence-electron chi connectivity index (χ2n) is 7.00. The summed E-state index contributed by atoms with van der Waals surface area (Å²) in [5.41, 5.74) is 2.88. The molecule has 0 bridgehead atoms. The number of benzene rings is 2. The number of rotatable bonds is 8. The first kappa shape index (κ1) is 21.3. The molecule has 8 nitrogen and oxygen atoms in total. The van der Waals surface area contributed by atoms with Gasteiger partial charge >= 0.3 is 11.7 Å². The molecule has 0 spiro atoms. The van der Waals surface area contributed by atoms with E-state index in [2.05, 4.69) is 20.0 Å². The summed E-state index contributed by atoms with van der Waals surface area (Å²) in [6, 6.07) is 14.7. The molecule has 0 aliphatic heterocycles. The molecule has 0 saturated heterocycles. The Hall–Kier alpha value is -3.39. The predicted molar refractivity (Wildman–Crippen MR) is 110 cm³/mol. The molecule has 0 aliphatic rings. The largest absolute Gasteiger partial charge is 0.481 e. The van der Waals surface area contributed by atoms with Crippen molar-refractivity contribution >= 4 is 23.5 Å². The van der Waals surface area contributed by atoms with Crippen molar-refractivity contribution < 1.29 is 19.2 Å². The monoisotopic (exact) mass is 429 g/mol. The minimum Gasteiger partial charge on any atom is -0.481 e. The van der Waals surface area contributed by atoms with Gasteiger partial charge in [0.05, 0.1) is 5.92 Å². The lowest BCUT2D eigenvalue weighted by atomic mass is 9.95. The Morgan fingerprint density at radius 2 is 1.93 bits per heavy atom. The van der Waals surface area contributed by atoms with Crippen molar-refractivity contribution in [1.29, 1.82) is 0 Å². The summed E-state index contributed by atoms with van der Waals surface area (Å²) in [4.78, 5) is 36.8. The number of aliphatic carboxylic acids is 1. The van der Waals surface area contributed by atoms with Gasteiger partial charge in [0, 0.05) is 11.1 Å². The van der Waals surface area contributed by atoms with Gasteiger partial charge in [0.25, 0.3) is 5.91 Å². The lowest BCUT2D eigenvalue weighted by Crippen LogP contribution is -2.39. The van der Waals surface area contributed by atoms with Crippen molar-refractivity contribution in [3.8, 4) is 11.1 Å². The fourth-order valence-electron chi connectivity index (χ4n) is 3.09. The fourth-order valence-corrected chi connectivity index (χ4v) is 3.28. The summed E-state index contributed by atoms with van der Waals surface area (Å²) < 4.78 is 4.34. The molecule has 1 amide bonds. The highest BCUT2D eigenvalue weighted by molar-refractivity contribution is 6.30. The maximum absolute atomic E-state index is 12.3. The molecule has 0 saturated carbocycles. The van der Waals surface area contributed by atoms with Gasteiger partial charge in [-0.3, -0.25) is 19.1 Å². The number of carbonyl (C=O) groups excluding carboxylic acids is 1. The van der Waals surface area contributed by atoms with Crippen molar-refractivity contribution in [1.82, 2.24) is 15.5 Å². The van der Waals surface area contributed by atoms with Crippen LogP contribution in [0.5, 0.6) is 0 Å². The summed E-state index contributed by atoms with van der Waals surface area (Å²) in [7, 11) is 0. The number of halogens is 1. The third-order valence-electron chi connectivity index (χ3n) is 4.64. The van der Waals surface area contributed by atoms with Crippen LogP contribution < -0.4 is 11.1 Å². The number of carboxylic acid groups (broad SMARTS) is 1. The van der Waals surface area contributed by atoms with E-state index in [0.717, 1.165) is 16.7 Å². The molecular weight excluding hydrogens is 410 g/mol. The summed E-state index contributed by atoms with van der Waals surface area (Å²) >= 11 is 6.05. The van der Waals surface area contributed by atoms with E-state index >= 15 is 0 Å². The second kappa shape index (κ2) is 9.41. The number of hydrogen-bond acceptors (Lipinski definition) is 5. The van der Waals surface area contributed by atoms with Crippen molar-refractivity contribution in [2.24, 2.45) is 5.92 Å². The van der Waals surface area contributed by atoms with E-state index in [-0.39, 0.29) is 12.2 Å². The lowest BCUT2D eigenvalue weighted by molar-refractivity contribution is -0.141. The van der Waals surface area contributed by atoms with Crippen LogP contribution in [-0.4, -0.2) is 33.2 Å². The smallest absolute Gasteiger partial charge is 0.439 e. The molecule has 3 aromatic rings. The maximum atomic E-state index is 12.3. The SMILES string of the molecule is CC(CC(Cc1ccc(-c2cccc(Cl)c2)cc1)NC(=O)c1noc(=O)[nH]1)C(=O)O. The van der Waals surface area contributed by atoms with E-state index in [1.165, 1.54) is 0 Å². The number of aromatic nitrogens is 2. The van der Waals surface area contributed by atoms with Gasteiger partial charge in [-0.15, -0.1) is 0 Å². The molecule has 0 radical (unpaired) electrons. The number of H-pyrrole nitrogens is 1. The predicted octanol–water partition coefficient (Wildman–Crippen LogP) is 3.14. The van der Waals surface area contributed by atoms with Crippen LogP contribution in [0.15, 0.2) is 57.8 Å². The first-order chi connectivity index (χ1) is 14.3. The highest BCUT2D eigenvalue weighted by atomic mass is 35.5. The van der Waals surface area contributed by atoms with Crippen LogP contribution in [0.25, 0.3) is 11.1 Å². The lowest BCUT2D eigenvalue weighted by Gasteiger charge is -2.20. The van der Waals surface area contributed by atoms with E-state index < -0.39 is 29.6 Å². The van der Waals surface area contributed by atoms with E-state index in [0.29, 0.717) is 11.4 Å². The van der Waals surface area contributed by atoms with Gasteiger partial charge in [-0.05, 0) is 46.8 Å². The van der Waals surface area contributed by atoms with Crippen LogP contribution in [-0.2, 0) is 11.2 Å². The number of carbonyl (C=O) groups is 2. The Labute approximate surface area is 176 Å². The van der Waals surface area contributed by atoms with E-state index in [1.54, 1.807) is 13.0 Å². The molecule has 3 N–H and O–H groups in total. The van der Waals surface area contributed by atoms with Gasteiger partial charge < -0.3 is 10.4 Å². The topological polar surface area (TPSA) is 125 Å². The molecule has 0 fully saturated rings. The molecule has 3 rings (SSSR count). The Morgan fingerprint density at radius 1 is 1.20 bits per heavy atom. The molecule has 30 heavy (non-hydrogen) atoms. The van der Waals surface area contributed by atoms with Crippen LogP contribution >= 0.6 is 11.6 Å². The summed E-state index contributed by atoms with van der Waals surface area (Å²) in [5, 5.41) is 16.0. The molecule has 0 aliphatic carbocycles. The van der Waals surface area contributed by atoms with Crippen molar-refractivity contribution in [3.05, 3.63) is 75.5 Å². The van der Waals surface area contributed by atoms with E-state index in [1.807, 2.05) is 42.5 Å². The Balaban J connectivity index is 1.75. The molecular formula is C21H20ClN3O5. The van der Waals surface area contributed by atoms with Gasteiger partial charge in [0.1, 0.15) is 0 Å². The highest BCUT2D eigenvalue weighted by Gasteiger charge is 2.22. The zero-order chi connectivity index (χ0) is 21.7. The highest BCUT2D eigenvalue weighted by Crippen LogP contribution is 2.23. The first-order valence-corrected chi connectivity index (χ1v) is 9.64. The number of amides is 1. The number of nitrogens with zero attached hydrogens (tertiary/aromatic N) is 1. The molecule has 1 aromatic heterocycles. The average molecular weight is 430 g/mol. The van der Waals surface area contributed by atoms with E-state index in [4.69, 9.17) is 11.6 Å². The number of carboxylic acids is 1. The Kier molecular flexibility index (Phi) is 6.68. The molecule has 9 heteroatoms. The third kappa shape index (κ3) is 5.57.